The van der Waals surface area contributed by atoms with Crippen LogP contribution in [0.25, 0.3) is 0 Å². The number of halogens is 2. The number of anilines is 1. The molecule has 2 aromatic carbocycles. The van der Waals surface area contributed by atoms with Gasteiger partial charge in [0.15, 0.2) is 0 Å². The van der Waals surface area contributed by atoms with Crippen LogP contribution in [0.15, 0.2) is 41.3 Å². The Morgan fingerprint density at radius 3 is 2.75 bits per heavy atom. The van der Waals surface area contributed by atoms with Gasteiger partial charge < -0.3 is 10.1 Å². The Balaban J connectivity index is 2.04. The summed E-state index contributed by atoms with van der Waals surface area (Å²) in [6, 6.07) is 8.24. The quantitative estimate of drug-likeness (QED) is 0.469. The lowest BCUT2D eigenvalue weighted by Crippen LogP contribution is -2.15. The van der Waals surface area contributed by atoms with Crippen LogP contribution in [0.1, 0.15) is 0 Å². The smallest absolute Gasteiger partial charge is 0.296 e. The van der Waals surface area contributed by atoms with Gasteiger partial charge in [0, 0.05) is 4.90 Å². The normalized spacial score (nSPS) is 10.3. The third-order valence-corrected chi connectivity index (χ3v) is 4.22. The van der Waals surface area contributed by atoms with E-state index in [1.54, 1.807) is 0 Å². The molecular weight excluding hydrogens is 359 g/mol. The van der Waals surface area contributed by atoms with Crippen molar-refractivity contribution in [3.8, 4) is 5.75 Å². The Hall–Kier alpha value is -2.32. The highest BCUT2D eigenvalue weighted by Crippen LogP contribution is 2.29. The van der Waals surface area contributed by atoms with Crippen LogP contribution < -0.4 is 10.1 Å². The minimum atomic E-state index is -0.606. The van der Waals surface area contributed by atoms with Crippen LogP contribution in [0, 0.1) is 15.9 Å². The zero-order valence-corrected chi connectivity index (χ0v) is 14.0. The number of hydrogen-bond donors (Lipinski definition) is 1. The molecule has 0 fully saturated rings. The monoisotopic (exact) mass is 370 g/mol. The SMILES string of the molecule is COc1ccc(NC(=O)CSc2ccc(F)c(Cl)c2)c([N+](=O)[O-])c1. The summed E-state index contributed by atoms with van der Waals surface area (Å²) in [6.45, 7) is 0. The van der Waals surface area contributed by atoms with Crippen molar-refractivity contribution >= 4 is 40.6 Å². The molecule has 2 rings (SSSR count). The van der Waals surface area contributed by atoms with Gasteiger partial charge in [-0.25, -0.2) is 4.39 Å². The molecule has 24 heavy (non-hydrogen) atoms. The first-order chi connectivity index (χ1) is 11.4. The molecule has 0 atom stereocenters. The minimum Gasteiger partial charge on any atom is -0.496 e. The first-order valence-electron chi connectivity index (χ1n) is 6.61. The first-order valence-corrected chi connectivity index (χ1v) is 7.97. The van der Waals surface area contributed by atoms with E-state index in [2.05, 4.69) is 5.32 Å². The van der Waals surface area contributed by atoms with Gasteiger partial charge in [-0.2, -0.15) is 0 Å². The number of amides is 1. The van der Waals surface area contributed by atoms with Crippen molar-refractivity contribution in [2.24, 2.45) is 0 Å². The number of ether oxygens (including phenoxy) is 1. The van der Waals surface area contributed by atoms with E-state index in [0.29, 0.717) is 10.6 Å². The summed E-state index contributed by atoms with van der Waals surface area (Å²) in [6.07, 6.45) is 0. The topological polar surface area (TPSA) is 81.5 Å². The highest BCUT2D eigenvalue weighted by atomic mass is 35.5. The van der Waals surface area contributed by atoms with E-state index in [-0.39, 0.29) is 22.2 Å². The number of carbonyl (C=O) groups excluding carboxylic acids is 1. The van der Waals surface area contributed by atoms with Gasteiger partial charge in [0.25, 0.3) is 5.69 Å². The fourth-order valence-corrected chi connectivity index (χ4v) is 2.78. The number of nitro groups is 1. The zero-order chi connectivity index (χ0) is 17.7. The lowest BCUT2D eigenvalue weighted by Gasteiger charge is -2.08. The maximum Gasteiger partial charge on any atom is 0.296 e. The number of carbonyl (C=O) groups is 1. The number of nitrogens with zero attached hydrogens (tertiary/aromatic N) is 1. The molecule has 0 radical (unpaired) electrons. The van der Waals surface area contributed by atoms with E-state index in [1.165, 1.54) is 43.5 Å². The Kier molecular flexibility index (Phi) is 5.99. The second kappa shape index (κ2) is 7.98. The number of benzene rings is 2. The van der Waals surface area contributed by atoms with E-state index in [0.717, 1.165) is 11.8 Å². The summed E-state index contributed by atoms with van der Waals surface area (Å²) in [7, 11) is 1.39. The summed E-state index contributed by atoms with van der Waals surface area (Å²) < 4.78 is 18.0. The van der Waals surface area contributed by atoms with Crippen LogP contribution in [0.2, 0.25) is 5.02 Å². The molecule has 0 saturated carbocycles. The molecule has 0 aromatic heterocycles. The van der Waals surface area contributed by atoms with Crippen molar-refractivity contribution in [3.63, 3.8) is 0 Å². The predicted molar refractivity (Wildman–Crippen MR) is 90.4 cm³/mol. The lowest BCUT2D eigenvalue weighted by atomic mass is 10.2. The number of thioether (sulfide) groups is 1. The summed E-state index contributed by atoms with van der Waals surface area (Å²) >= 11 is 6.80. The van der Waals surface area contributed by atoms with Crippen LogP contribution >= 0.6 is 23.4 Å². The standard InChI is InChI=1S/C15H12ClFN2O4S/c1-23-9-2-5-13(14(6-9)19(21)22)18-15(20)8-24-10-3-4-12(17)11(16)7-10/h2-7H,8H2,1H3,(H,18,20). The van der Waals surface area contributed by atoms with E-state index < -0.39 is 16.6 Å². The Morgan fingerprint density at radius 1 is 1.38 bits per heavy atom. The molecule has 1 N–H and O–H groups in total. The van der Waals surface area contributed by atoms with E-state index in [1.807, 2.05) is 0 Å². The second-order valence-electron chi connectivity index (χ2n) is 4.55. The number of methoxy groups -OCH3 is 1. The third kappa shape index (κ3) is 4.59. The average Bonchev–Trinajstić information content (AvgIpc) is 2.56. The Morgan fingerprint density at radius 2 is 2.12 bits per heavy atom. The van der Waals surface area contributed by atoms with Crippen molar-refractivity contribution < 1.29 is 18.8 Å². The number of nitrogens with one attached hydrogen (secondary N) is 1. The summed E-state index contributed by atoms with van der Waals surface area (Å²) in [5.41, 5.74) is -0.193. The van der Waals surface area contributed by atoms with Crippen LogP contribution in [0.5, 0.6) is 5.75 Å². The highest BCUT2D eigenvalue weighted by Gasteiger charge is 2.17. The molecule has 0 aliphatic heterocycles. The van der Waals surface area contributed by atoms with Crippen molar-refractivity contribution in [3.05, 3.63) is 57.4 Å². The van der Waals surface area contributed by atoms with Gasteiger partial charge in [-0.1, -0.05) is 11.6 Å². The van der Waals surface area contributed by atoms with Gasteiger partial charge in [-0.3, -0.25) is 14.9 Å². The highest BCUT2D eigenvalue weighted by molar-refractivity contribution is 8.00. The average molecular weight is 371 g/mol. The molecule has 0 heterocycles. The molecule has 9 heteroatoms. The van der Waals surface area contributed by atoms with E-state index in [4.69, 9.17) is 16.3 Å². The Labute approximate surface area is 146 Å². The molecule has 0 bridgehead atoms. The molecule has 6 nitrogen and oxygen atoms in total. The van der Waals surface area contributed by atoms with Crippen molar-refractivity contribution in [2.45, 2.75) is 4.90 Å². The molecule has 0 spiro atoms. The van der Waals surface area contributed by atoms with Crippen molar-refractivity contribution in [1.29, 1.82) is 0 Å². The van der Waals surface area contributed by atoms with Gasteiger partial charge in [-0.15, -0.1) is 11.8 Å². The lowest BCUT2D eigenvalue weighted by molar-refractivity contribution is -0.384. The molecule has 0 aliphatic rings. The van der Waals surface area contributed by atoms with Gasteiger partial charge in [0.05, 0.1) is 28.9 Å². The molecule has 0 aliphatic carbocycles. The summed E-state index contributed by atoms with van der Waals surface area (Å²) in [4.78, 5) is 23.0. The minimum absolute atomic E-state index is 0.00878. The molecule has 0 saturated heterocycles. The van der Waals surface area contributed by atoms with Crippen LogP contribution in [-0.4, -0.2) is 23.7 Å². The number of nitro benzene ring substituents is 1. The molecule has 126 valence electrons. The third-order valence-electron chi connectivity index (χ3n) is 2.94. The second-order valence-corrected chi connectivity index (χ2v) is 6.01. The fraction of sp³-hybridized carbons (Fsp3) is 0.133. The molecule has 0 unspecified atom stereocenters. The molecule has 1 amide bonds. The first kappa shape index (κ1) is 18.0. The zero-order valence-electron chi connectivity index (χ0n) is 12.4. The molecule has 2 aromatic rings. The predicted octanol–water partition coefficient (Wildman–Crippen LogP) is 4.13. The van der Waals surface area contributed by atoms with E-state index >= 15 is 0 Å². The Bertz CT molecular complexity index is 788. The van der Waals surface area contributed by atoms with E-state index in [9.17, 15) is 19.3 Å². The van der Waals surface area contributed by atoms with Crippen LogP contribution in [0.4, 0.5) is 15.8 Å². The number of hydrogen-bond acceptors (Lipinski definition) is 5. The van der Waals surface area contributed by atoms with Crippen molar-refractivity contribution in [2.75, 3.05) is 18.2 Å². The summed E-state index contributed by atoms with van der Waals surface area (Å²) in [5.74, 6) is -0.673. The largest absolute Gasteiger partial charge is 0.496 e. The maximum absolute atomic E-state index is 13.1. The van der Waals surface area contributed by atoms with Crippen LogP contribution in [0.3, 0.4) is 0 Å². The fourth-order valence-electron chi connectivity index (χ4n) is 1.80. The molecular formula is C15H12ClFN2O4S. The number of rotatable bonds is 6. The van der Waals surface area contributed by atoms with Crippen LogP contribution in [-0.2, 0) is 4.79 Å². The van der Waals surface area contributed by atoms with Gasteiger partial charge in [-0.05, 0) is 30.3 Å². The van der Waals surface area contributed by atoms with Gasteiger partial charge in [0.2, 0.25) is 5.91 Å². The van der Waals surface area contributed by atoms with Crippen molar-refractivity contribution in [1.82, 2.24) is 0 Å². The van der Waals surface area contributed by atoms with Gasteiger partial charge >= 0.3 is 0 Å². The van der Waals surface area contributed by atoms with Gasteiger partial charge in [0.1, 0.15) is 17.3 Å². The summed E-state index contributed by atoms with van der Waals surface area (Å²) in [5, 5.41) is 13.5. The maximum atomic E-state index is 13.1.